The van der Waals surface area contributed by atoms with Gasteiger partial charge in [0, 0.05) is 47.7 Å². The van der Waals surface area contributed by atoms with Crippen LogP contribution in [0.3, 0.4) is 0 Å². The van der Waals surface area contributed by atoms with Crippen molar-refractivity contribution in [3.8, 4) is 0 Å². The number of aromatic nitrogens is 2. The lowest BCUT2D eigenvalue weighted by Gasteiger charge is -2.14. The van der Waals surface area contributed by atoms with Crippen LogP contribution in [0.4, 0.5) is 11.4 Å². The van der Waals surface area contributed by atoms with E-state index in [2.05, 4.69) is 10.3 Å². The molecule has 150 valence electrons. The Kier molecular flexibility index (Phi) is 4.23. The van der Waals surface area contributed by atoms with E-state index in [1.54, 1.807) is 6.20 Å². The third kappa shape index (κ3) is 2.91. The van der Waals surface area contributed by atoms with Crippen LogP contribution in [0.5, 0.6) is 0 Å². The Morgan fingerprint density at radius 2 is 1.50 bits per heavy atom. The quantitative estimate of drug-likeness (QED) is 0.410. The largest absolute Gasteiger partial charge is 0.360 e. The van der Waals surface area contributed by atoms with Crippen LogP contribution in [0.1, 0.15) is 0 Å². The Balaban J connectivity index is 1.70. The molecule has 0 amide bonds. The van der Waals surface area contributed by atoms with Crippen LogP contribution in [0.15, 0.2) is 77.8 Å². The Morgan fingerprint density at radius 1 is 0.867 bits per heavy atom. The van der Waals surface area contributed by atoms with Crippen molar-refractivity contribution in [1.29, 1.82) is 0 Å². The van der Waals surface area contributed by atoms with Gasteiger partial charge in [0.25, 0.3) is 0 Å². The van der Waals surface area contributed by atoms with Gasteiger partial charge in [-0.25, -0.2) is 17.7 Å². The van der Waals surface area contributed by atoms with Crippen LogP contribution in [-0.2, 0) is 10.0 Å². The van der Waals surface area contributed by atoms with E-state index < -0.39 is 10.0 Å². The number of hydrogen-bond acceptors (Lipinski definition) is 4. The molecule has 0 aliphatic rings. The summed E-state index contributed by atoms with van der Waals surface area (Å²) in [5.41, 5.74) is 4.32. The van der Waals surface area contributed by atoms with Crippen molar-refractivity contribution in [2.75, 3.05) is 19.4 Å². The van der Waals surface area contributed by atoms with Gasteiger partial charge in [-0.15, -0.1) is 0 Å². The summed E-state index contributed by atoms with van der Waals surface area (Å²) in [6.45, 7) is 0. The molecule has 0 aliphatic carbocycles. The van der Waals surface area contributed by atoms with E-state index in [1.807, 2.05) is 66.7 Å². The molecule has 5 rings (SSSR count). The topological polar surface area (TPSA) is 78.1 Å². The molecule has 0 aliphatic heterocycles. The zero-order valence-electron chi connectivity index (χ0n) is 16.5. The van der Waals surface area contributed by atoms with E-state index in [1.165, 1.54) is 18.4 Å². The Labute approximate surface area is 174 Å². The second kappa shape index (κ2) is 6.83. The average Bonchev–Trinajstić information content (AvgIpc) is 3.17. The molecule has 0 spiro atoms. The van der Waals surface area contributed by atoms with Crippen molar-refractivity contribution in [1.82, 2.24) is 14.3 Å². The summed E-state index contributed by atoms with van der Waals surface area (Å²) < 4.78 is 26.6. The molecule has 0 fully saturated rings. The van der Waals surface area contributed by atoms with Gasteiger partial charge in [-0.3, -0.25) is 0 Å². The summed E-state index contributed by atoms with van der Waals surface area (Å²) in [5, 5.41) is 6.18. The van der Waals surface area contributed by atoms with Crippen molar-refractivity contribution >= 4 is 54.1 Å². The lowest BCUT2D eigenvalue weighted by atomic mass is 10.1. The number of anilines is 2. The monoisotopic (exact) mass is 416 g/mol. The van der Waals surface area contributed by atoms with Gasteiger partial charge in [-0.05, 0) is 30.3 Å². The number of para-hydroxylation sites is 2. The number of aromatic amines is 1. The molecule has 2 heterocycles. The molecule has 5 aromatic rings. The first kappa shape index (κ1) is 18.6. The van der Waals surface area contributed by atoms with Gasteiger partial charge in [0.2, 0.25) is 10.0 Å². The molecule has 7 heteroatoms. The Morgan fingerprint density at radius 3 is 2.13 bits per heavy atom. The summed E-state index contributed by atoms with van der Waals surface area (Å²) >= 11 is 0. The van der Waals surface area contributed by atoms with E-state index in [9.17, 15) is 8.42 Å². The van der Waals surface area contributed by atoms with Crippen molar-refractivity contribution in [3.63, 3.8) is 0 Å². The SMILES string of the molecule is CN(C)S(=O)(=O)c1c[nH]c2ccc(Nc3c4ccccc4nc4ccccc34)cc12. The number of hydrogen-bond donors (Lipinski definition) is 2. The summed E-state index contributed by atoms with van der Waals surface area (Å²) in [6, 6.07) is 21.7. The van der Waals surface area contributed by atoms with Crippen LogP contribution >= 0.6 is 0 Å². The highest BCUT2D eigenvalue weighted by atomic mass is 32.2. The van der Waals surface area contributed by atoms with Crippen molar-refractivity contribution in [2.24, 2.45) is 0 Å². The molecule has 0 radical (unpaired) electrons. The average molecular weight is 417 g/mol. The molecule has 30 heavy (non-hydrogen) atoms. The molecule has 6 nitrogen and oxygen atoms in total. The zero-order valence-corrected chi connectivity index (χ0v) is 17.4. The highest BCUT2D eigenvalue weighted by Crippen LogP contribution is 2.34. The molecule has 0 atom stereocenters. The molecule has 2 aromatic heterocycles. The lowest BCUT2D eigenvalue weighted by molar-refractivity contribution is 0.521. The molecule has 0 bridgehead atoms. The summed E-state index contributed by atoms with van der Waals surface area (Å²) in [7, 11) is -0.488. The Hall–Kier alpha value is -3.42. The standard InChI is InChI=1S/C23H20N4O2S/c1-27(2)30(28,29)22-14-24-19-12-11-15(13-18(19)22)25-23-16-7-3-5-9-20(16)26-21-10-6-4-8-17(21)23/h3-14,24H,1-2H3,(H,25,26). The summed E-state index contributed by atoms with van der Waals surface area (Å²) in [5.74, 6) is 0. The maximum atomic E-state index is 12.7. The van der Waals surface area contributed by atoms with Gasteiger partial charge in [0.15, 0.2) is 0 Å². The van der Waals surface area contributed by atoms with Crippen LogP contribution in [0.25, 0.3) is 32.7 Å². The number of nitrogens with zero attached hydrogens (tertiary/aromatic N) is 2. The third-order valence-corrected chi connectivity index (χ3v) is 7.11. The number of rotatable bonds is 4. The number of pyridine rings is 1. The van der Waals surface area contributed by atoms with Crippen molar-refractivity contribution in [2.45, 2.75) is 4.90 Å². The predicted octanol–water partition coefficient (Wildman–Crippen LogP) is 4.86. The van der Waals surface area contributed by atoms with Gasteiger partial charge in [-0.1, -0.05) is 36.4 Å². The van der Waals surface area contributed by atoms with E-state index in [-0.39, 0.29) is 4.90 Å². The highest BCUT2D eigenvalue weighted by Gasteiger charge is 2.21. The fourth-order valence-electron chi connectivity index (χ4n) is 3.70. The third-order valence-electron chi connectivity index (χ3n) is 5.26. The maximum absolute atomic E-state index is 12.7. The van der Waals surface area contributed by atoms with Gasteiger partial charge in [-0.2, -0.15) is 0 Å². The molecule has 0 unspecified atom stereocenters. The van der Waals surface area contributed by atoms with E-state index in [0.29, 0.717) is 5.39 Å². The minimum absolute atomic E-state index is 0.260. The van der Waals surface area contributed by atoms with Gasteiger partial charge >= 0.3 is 0 Å². The molecular weight excluding hydrogens is 396 g/mol. The normalized spacial score (nSPS) is 12.2. The molecule has 2 N–H and O–H groups in total. The fourth-order valence-corrected chi connectivity index (χ4v) is 4.75. The van der Waals surface area contributed by atoms with Crippen LogP contribution in [0.2, 0.25) is 0 Å². The second-order valence-corrected chi connectivity index (χ2v) is 9.47. The van der Waals surface area contributed by atoms with Gasteiger partial charge < -0.3 is 10.3 Å². The Bertz CT molecular complexity index is 1470. The minimum atomic E-state index is -3.55. The zero-order chi connectivity index (χ0) is 20.9. The van der Waals surface area contributed by atoms with Crippen molar-refractivity contribution in [3.05, 3.63) is 72.9 Å². The molecule has 0 saturated heterocycles. The van der Waals surface area contributed by atoms with E-state index in [0.717, 1.165) is 38.7 Å². The van der Waals surface area contributed by atoms with E-state index >= 15 is 0 Å². The first-order chi connectivity index (χ1) is 14.4. The number of H-pyrrole nitrogens is 1. The number of benzene rings is 3. The lowest BCUT2D eigenvalue weighted by Crippen LogP contribution is -2.21. The van der Waals surface area contributed by atoms with Crippen LogP contribution in [0, 0.1) is 0 Å². The number of sulfonamides is 1. The highest BCUT2D eigenvalue weighted by molar-refractivity contribution is 7.89. The van der Waals surface area contributed by atoms with Crippen LogP contribution < -0.4 is 5.32 Å². The molecule has 0 saturated carbocycles. The first-order valence-corrected chi connectivity index (χ1v) is 11.0. The number of fused-ring (bicyclic) bond motifs is 3. The molecule has 3 aromatic carbocycles. The first-order valence-electron chi connectivity index (χ1n) is 9.53. The summed E-state index contributed by atoms with van der Waals surface area (Å²) in [6.07, 6.45) is 1.54. The summed E-state index contributed by atoms with van der Waals surface area (Å²) in [4.78, 5) is 8.07. The predicted molar refractivity (Wildman–Crippen MR) is 122 cm³/mol. The number of nitrogens with one attached hydrogen (secondary N) is 2. The fraction of sp³-hybridized carbons (Fsp3) is 0.0870. The second-order valence-electron chi connectivity index (χ2n) is 7.35. The van der Waals surface area contributed by atoms with Gasteiger partial charge in [0.1, 0.15) is 4.90 Å². The van der Waals surface area contributed by atoms with Gasteiger partial charge in [0.05, 0.1) is 16.7 Å². The molecular formula is C23H20N4O2S. The van der Waals surface area contributed by atoms with E-state index in [4.69, 9.17) is 4.98 Å². The maximum Gasteiger partial charge on any atom is 0.244 e. The van der Waals surface area contributed by atoms with Crippen molar-refractivity contribution < 1.29 is 8.42 Å². The minimum Gasteiger partial charge on any atom is -0.360 e. The van der Waals surface area contributed by atoms with Crippen LogP contribution in [-0.4, -0.2) is 36.8 Å². The smallest absolute Gasteiger partial charge is 0.244 e.